The quantitative estimate of drug-likeness (QED) is 0.854. The molecule has 21 heavy (non-hydrogen) atoms. The van der Waals surface area contributed by atoms with Crippen LogP contribution < -0.4 is 5.32 Å². The fourth-order valence-electron chi connectivity index (χ4n) is 2.59. The molecule has 0 bridgehead atoms. The van der Waals surface area contributed by atoms with E-state index in [9.17, 15) is 9.59 Å². The van der Waals surface area contributed by atoms with Crippen molar-refractivity contribution in [2.75, 3.05) is 13.1 Å². The van der Waals surface area contributed by atoms with Crippen LogP contribution in [0.5, 0.6) is 0 Å². The summed E-state index contributed by atoms with van der Waals surface area (Å²) in [6, 6.07) is 1.80. The number of urea groups is 1. The first-order valence-corrected chi connectivity index (χ1v) is 7.27. The maximum absolute atomic E-state index is 12.0. The molecule has 116 valence electrons. The van der Waals surface area contributed by atoms with Crippen molar-refractivity contribution in [2.45, 2.75) is 32.2 Å². The standard InChI is InChI=1S/C14H22N4O3/c1-17-7-6-12(16-17)10-15-14(21)18-8-4-11(5-9-18)2-3-13(19)20/h6-7,11H,2-5,8-10H2,1H3,(H,15,21)(H,19,20). The van der Waals surface area contributed by atoms with Gasteiger partial charge in [0.2, 0.25) is 0 Å². The Labute approximate surface area is 123 Å². The Morgan fingerprint density at radius 1 is 1.43 bits per heavy atom. The molecule has 2 heterocycles. The molecular weight excluding hydrogens is 272 g/mol. The molecule has 1 aromatic heterocycles. The fourth-order valence-corrected chi connectivity index (χ4v) is 2.59. The summed E-state index contributed by atoms with van der Waals surface area (Å²) in [5, 5.41) is 15.8. The summed E-state index contributed by atoms with van der Waals surface area (Å²) in [4.78, 5) is 24.4. The summed E-state index contributed by atoms with van der Waals surface area (Å²) in [5.41, 5.74) is 0.835. The lowest BCUT2D eigenvalue weighted by Crippen LogP contribution is -2.44. The van der Waals surface area contributed by atoms with Gasteiger partial charge in [0, 0.05) is 32.8 Å². The van der Waals surface area contributed by atoms with E-state index in [1.807, 2.05) is 19.3 Å². The molecule has 1 aliphatic heterocycles. The third-order valence-corrected chi connectivity index (χ3v) is 3.86. The molecular formula is C14H22N4O3. The molecule has 2 N–H and O–H groups in total. The molecule has 1 fully saturated rings. The lowest BCUT2D eigenvalue weighted by Gasteiger charge is -2.31. The monoisotopic (exact) mass is 294 g/mol. The van der Waals surface area contributed by atoms with Crippen LogP contribution in [0.15, 0.2) is 12.3 Å². The third-order valence-electron chi connectivity index (χ3n) is 3.86. The first-order valence-electron chi connectivity index (χ1n) is 7.27. The summed E-state index contributed by atoms with van der Waals surface area (Å²) >= 11 is 0. The predicted octanol–water partition coefficient (Wildman–Crippen LogP) is 1.21. The van der Waals surface area contributed by atoms with Crippen LogP contribution in [0.1, 0.15) is 31.4 Å². The Balaban J connectivity index is 1.69. The van der Waals surface area contributed by atoms with Gasteiger partial charge in [-0.3, -0.25) is 9.48 Å². The number of aromatic nitrogens is 2. The van der Waals surface area contributed by atoms with E-state index in [1.54, 1.807) is 9.58 Å². The molecule has 7 nitrogen and oxygen atoms in total. The molecule has 1 aliphatic rings. The summed E-state index contributed by atoms with van der Waals surface area (Å²) in [7, 11) is 1.84. The maximum atomic E-state index is 12.0. The molecule has 2 amide bonds. The number of rotatable bonds is 5. The highest BCUT2D eigenvalue weighted by molar-refractivity contribution is 5.74. The zero-order valence-electron chi connectivity index (χ0n) is 12.3. The van der Waals surface area contributed by atoms with Crippen LogP contribution in [-0.2, 0) is 18.4 Å². The second kappa shape index (κ2) is 7.10. The molecule has 7 heteroatoms. The van der Waals surface area contributed by atoms with Gasteiger partial charge in [-0.05, 0) is 31.2 Å². The highest BCUT2D eigenvalue weighted by Crippen LogP contribution is 2.21. The first kappa shape index (κ1) is 15.3. The number of hydrogen-bond acceptors (Lipinski definition) is 3. The van der Waals surface area contributed by atoms with E-state index in [1.165, 1.54) is 0 Å². The summed E-state index contributed by atoms with van der Waals surface area (Å²) in [6.45, 7) is 1.81. The minimum atomic E-state index is -0.745. The van der Waals surface area contributed by atoms with Gasteiger partial charge >= 0.3 is 12.0 Å². The Morgan fingerprint density at radius 2 is 2.14 bits per heavy atom. The lowest BCUT2D eigenvalue weighted by molar-refractivity contribution is -0.137. The first-order chi connectivity index (χ1) is 10.0. The van der Waals surface area contributed by atoms with Crippen LogP contribution in [0.2, 0.25) is 0 Å². The number of nitrogens with one attached hydrogen (secondary N) is 1. The van der Waals surface area contributed by atoms with Gasteiger partial charge in [-0.2, -0.15) is 5.10 Å². The normalized spacial score (nSPS) is 16.0. The van der Waals surface area contributed by atoms with Crippen molar-refractivity contribution >= 4 is 12.0 Å². The molecule has 0 spiro atoms. The smallest absolute Gasteiger partial charge is 0.317 e. The van der Waals surface area contributed by atoms with E-state index in [4.69, 9.17) is 5.11 Å². The number of aliphatic carboxylic acids is 1. The predicted molar refractivity (Wildman–Crippen MR) is 76.6 cm³/mol. The highest BCUT2D eigenvalue weighted by Gasteiger charge is 2.23. The number of carbonyl (C=O) groups excluding carboxylic acids is 1. The lowest BCUT2D eigenvalue weighted by atomic mass is 9.92. The van der Waals surface area contributed by atoms with Crippen LogP contribution in [0, 0.1) is 5.92 Å². The van der Waals surface area contributed by atoms with Crippen molar-refractivity contribution in [1.82, 2.24) is 20.0 Å². The molecule has 0 atom stereocenters. The number of piperidine rings is 1. The molecule has 0 unspecified atom stereocenters. The minimum absolute atomic E-state index is 0.0719. The molecule has 0 aromatic carbocycles. The number of carbonyl (C=O) groups is 2. The van der Waals surface area contributed by atoms with Gasteiger partial charge in [-0.25, -0.2) is 4.79 Å². The van der Waals surface area contributed by atoms with E-state index in [2.05, 4.69) is 10.4 Å². The number of likely N-dealkylation sites (tertiary alicyclic amines) is 1. The van der Waals surface area contributed by atoms with Crippen molar-refractivity contribution in [2.24, 2.45) is 13.0 Å². The molecule has 1 aromatic rings. The van der Waals surface area contributed by atoms with Crippen LogP contribution in [0.25, 0.3) is 0 Å². The molecule has 1 saturated heterocycles. The SMILES string of the molecule is Cn1ccc(CNC(=O)N2CCC(CCC(=O)O)CC2)n1. The molecule has 0 saturated carbocycles. The van der Waals surface area contributed by atoms with Gasteiger partial charge in [0.05, 0.1) is 12.2 Å². The Kier molecular flexibility index (Phi) is 5.19. The molecule has 2 rings (SSSR count). The van der Waals surface area contributed by atoms with Crippen molar-refractivity contribution < 1.29 is 14.7 Å². The Bertz CT molecular complexity index is 492. The third kappa shape index (κ3) is 4.77. The summed E-state index contributed by atoms with van der Waals surface area (Å²) in [5.74, 6) is -0.327. The van der Waals surface area contributed by atoms with Gasteiger partial charge in [0.25, 0.3) is 0 Å². The maximum Gasteiger partial charge on any atom is 0.317 e. The van der Waals surface area contributed by atoms with Crippen LogP contribution in [0.3, 0.4) is 0 Å². The van der Waals surface area contributed by atoms with Gasteiger partial charge in [0.15, 0.2) is 0 Å². The van der Waals surface area contributed by atoms with E-state index < -0.39 is 5.97 Å². The number of nitrogens with zero attached hydrogens (tertiary/aromatic N) is 3. The van der Waals surface area contributed by atoms with Gasteiger partial charge in [-0.15, -0.1) is 0 Å². The van der Waals surface area contributed by atoms with Crippen LogP contribution in [0.4, 0.5) is 4.79 Å². The van der Waals surface area contributed by atoms with Crippen LogP contribution >= 0.6 is 0 Å². The minimum Gasteiger partial charge on any atom is -0.481 e. The van der Waals surface area contributed by atoms with Crippen LogP contribution in [-0.4, -0.2) is 44.9 Å². The van der Waals surface area contributed by atoms with E-state index in [-0.39, 0.29) is 12.5 Å². The Morgan fingerprint density at radius 3 is 2.71 bits per heavy atom. The number of carboxylic acid groups (broad SMARTS) is 1. The van der Waals surface area contributed by atoms with E-state index in [0.717, 1.165) is 18.5 Å². The fraction of sp³-hybridized carbons (Fsp3) is 0.643. The average Bonchev–Trinajstić information content (AvgIpc) is 2.89. The highest BCUT2D eigenvalue weighted by atomic mass is 16.4. The van der Waals surface area contributed by atoms with Crippen molar-refractivity contribution in [3.8, 4) is 0 Å². The number of carboxylic acids is 1. The van der Waals surface area contributed by atoms with Gasteiger partial charge < -0.3 is 15.3 Å². The number of hydrogen-bond donors (Lipinski definition) is 2. The molecule has 0 radical (unpaired) electrons. The van der Waals surface area contributed by atoms with E-state index >= 15 is 0 Å². The number of amides is 2. The molecule has 0 aliphatic carbocycles. The zero-order chi connectivity index (χ0) is 15.2. The Hall–Kier alpha value is -2.05. The van der Waals surface area contributed by atoms with E-state index in [0.29, 0.717) is 32.0 Å². The van der Waals surface area contributed by atoms with Crippen molar-refractivity contribution in [3.63, 3.8) is 0 Å². The summed E-state index contributed by atoms with van der Waals surface area (Å²) in [6.07, 6.45) is 4.53. The van der Waals surface area contributed by atoms with Crippen molar-refractivity contribution in [3.05, 3.63) is 18.0 Å². The second-order valence-electron chi connectivity index (χ2n) is 5.50. The average molecular weight is 294 g/mol. The number of aryl methyl sites for hydroxylation is 1. The largest absolute Gasteiger partial charge is 0.481 e. The van der Waals surface area contributed by atoms with Gasteiger partial charge in [0.1, 0.15) is 0 Å². The summed E-state index contributed by atoms with van der Waals surface area (Å²) < 4.78 is 1.70. The zero-order valence-corrected chi connectivity index (χ0v) is 12.3. The topological polar surface area (TPSA) is 87.5 Å². The second-order valence-corrected chi connectivity index (χ2v) is 5.50. The van der Waals surface area contributed by atoms with Crippen molar-refractivity contribution in [1.29, 1.82) is 0 Å². The van der Waals surface area contributed by atoms with Gasteiger partial charge in [-0.1, -0.05) is 0 Å².